The van der Waals surface area contributed by atoms with Crippen LogP contribution >= 0.6 is 34.9 Å². The highest BCUT2D eigenvalue weighted by Gasteiger charge is 2.28. The van der Waals surface area contributed by atoms with Crippen LogP contribution in [0.1, 0.15) is 22.0 Å². The number of thioether (sulfide) groups is 2. The molecule has 2 aromatic heterocycles. The molecule has 124 valence electrons. The zero-order valence-electron chi connectivity index (χ0n) is 13.8. The molecule has 1 aliphatic heterocycles. The molecule has 0 N–H and O–H groups in total. The van der Waals surface area contributed by atoms with Gasteiger partial charge in [0.25, 0.3) is 5.56 Å². The van der Waals surface area contributed by atoms with E-state index < -0.39 is 0 Å². The summed E-state index contributed by atoms with van der Waals surface area (Å²) in [5.74, 6) is 1.99. The van der Waals surface area contributed by atoms with Crippen LogP contribution in [-0.2, 0) is 0 Å². The van der Waals surface area contributed by atoms with Crippen molar-refractivity contribution in [1.29, 1.82) is 0 Å². The predicted molar refractivity (Wildman–Crippen MR) is 105 cm³/mol. The molecule has 0 saturated heterocycles. The highest BCUT2D eigenvalue weighted by atomic mass is 32.2. The Labute approximate surface area is 153 Å². The first kappa shape index (κ1) is 16.2. The standard InChI is InChI=1S/C18H18N2OS3/c1-10-4-6-14(7-5-10)22-8-13-9-23-18-19-16(21)15-11(2)12(3)24-17(15)20(13)18/h4-7,13H,8-9H2,1-3H3/t13-/m0/s1. The maximum absolute atomic E-state index is 12.4. The Morgan fingerprint density at radius 2 is 2.00 bits per heavy atom. The summed E-state index contributed by atoms with van der Waals surface area (Å²) in [7, 11) is 0. The SMILES string of the molecule is Cc1ccc(SC[C@H]2CSc3nc(=O)c4c(C)c(C)sc4n32)cc1. The van der Waals surface area contributed by atoms with Gasteiger partial charge in [-0.25, -0.2) is 0 Å². The number of aryl methyl sites for hydroxylation is 3. The van der Waals surface area contributed by atoms with Crippen LogP contribution in [0.5, 0.6) is 0 Å². The average Bonchev–Trinajstić information content (AvgIpc) is 3.09. The molecule has 0 spiro atoms. The van der Waals surface area contributed by atoms with Crippen molar-refractivity contribution in [2.24, 2.45) is 0 Å². The second-order valence-electron chi connectivity index (χ2n) is 6.12. The molecule has 3 aromatic rings. The number of aromatic nitrogens is 2. The molecule has 4 rings (SSSR count). The van der Waals surface area contributed by atoms with Gasteiger partial charge >= 0.3 is 0 Å². The van der Waals surface area contributed by atoms with Crippen LogP contribution in [0, 0.1) is 20.8 Å². The van der Waals surface area contributed by atoms with Crippen molar-refractivity contribution in [2.45, 2.75) is 36.9 Å². The number of rotatable bonds is 3. The van der Waals surface area contributed by atoms with Gasteiger partial charge in [-0.15, -0.1) is 23.1 Å². The molecular weight excluding hydrogens is 356 g/mol. The molecule has 1 aliphatic rings. The van der Waals surface area contributed by atoms with Crippen molar-refractivity contribution >= 4 is 45.1 Å². The summed E-state index contributed by atoms with van der Waals surface area (Å²) in [6.45, 7) is 6.23. The maximum atomic E-state index is 12.4. The fourth-order valence-electron chi connectivity index (χ4n) is 2.93. The summed E-state index contributed by atoms with van der Waals surface area (Å²) in [5.41, 5.74) is 2.30. The zero-order valence-corrected chi connectivity index (χ0v) is 16.3. The number of hydrogen-bond donors (Lipinski definition) is 0. The second-order valence-corrected chi connectivity index (χ2v) is 9.41. The van der Waals surface area contributed by atoms with Crippen LogP contribution in [-0.4, -0.2) is 21.1 Å². The van der Waals surface area contributed by atoms with E-state index in [1.807, 2.05) is 18.7 Å². The Morgan fingerprint density at radius 1 is 1.25 bits per heavy atom. The molecule has 24 heavy (non-hydrogen) atoms. The first-order valence-electron chi connectivity index (χ1n) is 7.89. The van der Waals surface area contributed by atoms with Crippen molar-refractivity contribution in [3.05, 3.63) is 50.6 Å². The fourth-order valence-corrected chi connectivity index (χ4v) is 6.48. The Morgan fingerprint density at radius 3 is 2.75 bits per heavy atom. The lowest BCUT2D eigenvalue weighted by Gasteiger charge is -2.14. The first-order chi connectivity index (χ1) is 11.5. The van der Waals surface area contributed by atoms with Gasteiger partial charge in [-0.1, -0.05) is 29.5 Å². The molecule has 0 fully saturated rings. The lowest BCUT2D eigenvalue weighted by atomic mass is 10.2. The minimum absolute atomic E-state index is 0.0718. The van der Waals surface area contributed by atoms with Gasteiger partial charge in [-0.05, 0) is 38.5 Å². The summed E-state index contributed by atoms with van der Waals surface area (Å²) in [4.78, 5) is 20.3. The third-order valence-corrected chi connectivity index (χ3v) is 7.90. The van der Waals surface area contributed by atoms with Crippen LogP contribution in [0.15, 0.2) is 39.1 Å². The molecule has 6 heteroatoms. The van der Waals surface area contributed by atoms with Crippen LogP contribution in [0.25, 0.3) is 10.2 Å². The Hall–Kier alpha value is -1.24. The Bertz CT molecular complexity index is 973. The minimum atomic E-state index is -0.0718. The molecule has 3 nitrogen and oxygen atoms in total. The van der Waals surface area contributed by atoms with Crippen LogP contribution in [0.4, 0.5) is 0 Å². The van der Waals surface area contributed by atoms with E-state index in [4.69, 9.17) is 0 Å². The summed E-state index contributed by atoms with van der Waals surface area (Å²) < 4.78 is 2.30. The summed E-state index contributed by atoms with van der Waals surface area (Å²) in [6, 6.07) is 9.05. The van der Waals surface area contributed by atoms with Crippen molar-refractivity contribution in [2.75, 3.05) is 11.5 Å². The van der Waals surface area contributed by atoms with E-state index in [0.717, 1.165) is 32.4 Å². The van der Waals surface area contributed by atoms with E-state index in [1.165, 1.54) is 15.3 Å². The number of thiophene rings is 1. The van der Waals surface area contributed by atoms with Gasteiger partial charge in [0, 0.05) is 21.3 Å². The third kappa shape index (κ3) is 2.70. The van der Waals surface area contributed by atoms with Crippen molar-refractivity contribution in [3.8, 4) is 0 Å². The monoisotopic (exact) mass is 374 g/mol. The fraction of sp³-hybridized carbons (Fsp3) is 0.333. The lowest BCUT2D eigenvalue weighted by molar-refractivity contribution is 0.595. The molecule has 1 atom stereocenters. The van der Waals surface area contributed by atoms with Gasteiger partial charge in [-0.2, -0.15) is 4.98 Å². The Balaban J connectivity index is 1.69. The highest BCUT2D eigenvalue weighted by molar-refractivity contribution is 8.00. The quantitative estimate of drug-likeness (QED) is 0.486. The molecule has 3 heterocycles. The van der Waals surface area contributed by atoms with Crippen molar-refractivity contribution < 1.29 is 0 Å². The molecule has 0 radical (unpaired) electrons. The zero-order chi connectivity index (χ0) is 16.8. The van der Waals surface area contributed by atoms with Gasteiger partial charge < -0.3 is 4.57 Å². The molecule has 0 amide bonds. The van der Waals surface area contributed by atoms with E-state index in [2.05, 4.69) is 47.7 Å². The summed E-state index contributed by atoms with van der Waals surface area (Å²) in [5, 5.41) is 1.69. The summed E-state index contributed by atoms with van der Waals surface area (Å²) >= 11 is 5.31. The largest absolute Gasteiger partial charge is 0.307 e. The van der Waals surface area contributed by atoms with Crippen molar-refractivity contribution in [3.63, 3.8) is 0 Å². The lowest BCUT2D eigenvalue weighted by Crippen LogP contribution is -2.16. The second kappa shape index (κ2) is 6.24. The van der Waals surface area contributed by atoms with Gasteiger partial charge in [0.05, 0.1) is 11.4 Å². The van der Waals surface area contributed by atoms with Gasteiger partial charge in [-0.3, -0.25) is 4.79 Å². The van der Waals surface area contributed by atoms with Crippen LogP contribution in [0.2, 0.25) is 0 Å². The molecule has 0 bridgehead atoms. The van der Waals surface area contributed by atoms with E-state index in [9.17, 15) is 4.79 Å². The van der Waals surface area contributed by atoms with Gasteiger partial charge in [0.1, 0.15) is 4.83 Å². The van der Waals surface area contributed by atoms with Crippen LogP contribution in [0.3, 0.4) is 0 Å². The van der Waals surface area contributed by atoms with Gasteiger partial charge in [0.2, 0.25) is 0 Å². The van der Waals surface area contributed by atoms with E-state index >= 15 is 0 Å². The Kier molecular flexibility index (Phi) is 4.22. The summed E-state index contributed by atoms with van der Waals surface area (Å²) in [6.07, 6.45) is 0. The molecule has 0 unspecified atom stereocenters. The average molecular weight is 375 g/mol. The minimum Gasteiger partial charge on any atom is -0.307 e. The molecule has 0 aliphatic carbocycles. The highest BCUT2D eigenvalue weighted by Crippen LogP contribution is 2.40. The number of nitrogens with zero attached hydrogens (tertiary/aromatic N) is 2. The normalized spacial score (nSPS) is 16.7. The molecular formula is C18H18N2OS3. The molecule has 1 aromatic carbocycles. The van der Waals surface area contributed by atoms with E-state index in [1.54, 1.807) is 23.1 Å². The maximum Gasteiger partial charge on any atom is 0.282 e. The van der Waals surface area contributed by atoms with E-state index in [-0.39, 0.29) is 5.56 Å². The number of benzene rings is 1. The third-order valence-electron chi connectivity index (χ3n) is 4.44. The smallest absolute Gasteiger partial charge is 0.282 e. The predicted octanol–water partition coefficient (Wildman–Crippen LogP) is 4.82. The number of hydrogen-bond acceptors (Lipinski definition) is 5. The first-order valence-corrected chi connectivity index (χ1v) is 10.7. The molecule has 0 saturated carbocycles. The number of fused-ring (bicyclic) bond motifs is 3. The van der Waals surface area contributed by atoms with E-state index in [0.29, 0.717) is 6.04 Å². The van der Waals surface area contributed by atoms with Gasteiger partial charge in [0.15, 0.2) is 5.16 Å². The van der Waals surface area contributed by atoms with Crippen LogP contribution < -0.4 is 5.56 Å². The topological polar surface area (TPSA) is 34.9 Å². The van der Waals surface area contributed by atoms with Crippen molar-refractivity contribution in [1.82, 2.24) is 9.55 Å².